The molecule has 20 heteroatoms. The van der Waals surface area contributed by atoms with Crippen LogP contribution in [-0.4, -0.2) is 130 Å². The maximum atomic E-state index is 14.1. The van der Waals surface area contributed by atoms with Gasteiger partial charge in [0.1, 0.15) is 35.6 Å². The maximum absolute atomic E-state index is 14.1. The van der Waals surface area contributed by atoms with E-state index in [1.54, 1.807) is 22.7 Å². The third-order valence-electron chi connectivity index (χ3n) is 13.5. The number of aliphatic imine (C=N–C) groups is 1. The van der Waals surface area contributed by atoms with E-state index in [-0.39, 0.29) is 56.2 Å². The van der Waals surface area contributed by atoms with Crippen LogP contribution in [0.4, 0.5) is 0 Å². The number of nitrogens with one attached hydrogen (secondary N) is 4. The Morgan fingerprint density at radius 1 is 0.917 bits per heavy atom. The number of thiazole rings is 1. The molecule has 0 saturated carbocycles. The third-order valence-corrected chi connectivity index (χ3v) is 15.9. The number of piperidine rings is 1. The standard InChI is InChI=1S/C52H65ClN10O7S2/c1-29-31(3)72-51-44(29)45(36-12-14-38(53)15-13-36)58-40(48-61-60-32(4)63(48)51)20-42(65)55-16-17-69-25-34-18-35(22-54-21-34)26-70-27-43(66)59-47(52(5,6)7)50(68)62-24-39(64)19-41(62)49(67)56-23-33-8-10-37(11-9-33)46-30(2)57-28-71-46/h8-15,28,34-35,39-41,47,54,64H,16-27H2,1-7H3,(H,55,65)(H,56,67)(H,59,66)/t34?,35?,39-,40+,41+,47-/m1/s1. The molecule has 6 atom stereocenters. The minimum atomic E-state index is -0.965. The van der Waals surface area contributed by atoms with Crippen LogP contribution in [0, 0.1) is 44.9 Å². The molecule has 3 aliphatic heterocycles. The molecule has 0 aliphatic carbocycles. The number of hydrogen-bond donors (Lipinski definition) is 5. The van der Waals surface area contributed by atoms with Crippen LogP contribution in [0.3, 0.4) is 0 Å². The number of halogens is 1. The quantitative estimate of drug-likeness (QED) is 0.0661. The van der Waals surface area contributed by atoms with Crippen LogP contribution in [0.15, 0.2) is 59.0 Å². The highest BCUT2D eigenvalue weighted by Crippen LogP contribution is 2.40. The highest BCUT2D eigenvalue weighted by atomic mass is 35.5. The molecule has 384 valence electrons. The number of thiophene rings is 1. The van der Waals surface area contributed by atoms with Gasteiger partial charge in [0.15, 0.2) is 5.82 Å². The lowest BCUT2D eigenvalue weighted by atomic mass is 9.85. The van der Waals surface area contributed by atoms with Gasteiger partial charge in [0.05, 0.1) is 54.1 Å². The van der Waals surface area contributed by atoms with Crippen molar-refractivity contribution >= 4 is 63.6 Å². The number of carbonyl (C=O) groups is 4. The average molecular weight is 1040 g/mol. The molecular formula is C52H65ClN10O7S2. The van der Waals surface area contributed by atoms with Crippen molar-refractivity contribution in [1.29, 1.82) is 0 Å². The van der Waals surface area contributed by atoms with Crippen molar-refractivity contribution in [3.8, 4) is 15.4 Å². The highest BCUT2D eigenvalue weighted by Gasteiger charge is 2.44. The van der Waals surface area contributed by atoms with Crippen LogP contribution in [0.25, 0.3) is 15.4 Å². The van der Waals surface area contributed by atoms with E-state index in [0.717, 1.165) is 74.4 Å². The Hall–Kier alpha value is -5.41. The lowest BCUT2D eigenvalue weighted by molar-refractivity contribution is -0.144. The second-order valence-corrected chi connectivity index (χ2v) is 22.6. The van der Waals surface area contributed by atoms with Crippen molar-refractivity contribution in [3.63, 3.8) is 0 Å². The number of amides is 4. The molecule has 2 saturated heterocycles. The first kappa shape index (κ1) is 52.9. The van der Waals surface area contributed by atoms with Gasteiger partial charge in [-0.25, -0.2) is 4.98 Å². The molecule has 3 aromatic heterocycles. The Balaban J connectivity index is 0.767. The normalized spacial score (nSPS) is 20.3. The second kappa shape index (κ2) is 23.2. The molecule has 0 spiro atoms. The molecule has 5 aromatic rings. The predicted molar refractivity (Wildman–Crippen MR) is 279 cm³/mol. The zero-order valence-corrected chi connectivity index (χ0v) is 44.3. The second-order valence-electron chi connectivity index (χ2n) is 20.1. The zero-order chi connectivity index (χ0) is 51.3. The Morgan fingerprint density at radius 3 is 2.32 bits per heavy atom. The number of aliphatic hydroxyl groups excluding tert-OH is 1. The minimum absolute atomic E-state index is 0.0157. The van der Waals surface area contributed by atoms with Crippen molar-refractivity contribution < 1.29 is 33.8 Å². The number of aromatic nitrogens is 4. The summed E-state index contributed by atoms with van der Waals surface area (Å²) in [6.07, 6.45) is 0.122. The smallest absolute Gasteiger partial charge is 0.246 e. The van der Waals surface area contributed by atoms with E-state index in [2.05, 4.69) is 50.3 Å². The number of hydrogen-bond acceptors (Lipinski definition) is 14. The van der Waals surface area contributed by atoms with Gasteiger partial charge >= 0.3 is 0 Å². The minimum Gasteiger partial charge on any atom is -0.391 e. The molecular weight excluding hydrogens is 976 g/mol. The lowest BCUT2D eigenvalue weighted by Gasteiger charge is -2.35. The van der Waals surface area contributed by atoms with Crippen molar-refractivity contribution in [3.05, 3.63) is 104 Å². The molecule has 8 rings (SSSR count). The number of benzene rings is 2. The summed E-state index contributed by atoms with van der Waals surface area (Å²) in [7, 11) is 0. The SMILES string of the molecule is Cc1ncsc1-c1ccc(CNC(=O)[C@@H]2C[C@@H](O)CN2C(=O)[C@@H](NC(=O)COCC2CNCC(COCCNC(=O)C[C@@H]3N=C(c4ccc(Cl)cc4)c4c(sc(C)c4C)-n4c(C)nnc43)C2)C(C)(C)C)cc1. The number of carbonyl (C=O) groups excluding carboxylic acids is 4. The first-order chi connectivity index (χ1) is 34.4. The number of β-amino-alcohol motifs (C(OH)–C–C–N with tert-alkyl or cyclic N) is 1. The zero-order valence-electron chi connectivity index (χ0n) is 41.9. The van der Waals surface area contributed by atoms with Gasteiger partial charge in [-0.05, 0) is 80.2 Å². The van der Waals surface area contributed by atoms with Gasteiger partial charge in [-0.2, -0.15) is 0 Å². The van der Waals surface area contributed by atoms with Crippen LogP contribution < -0.4 is 21.3 Å². The number of fused-ring (bicyclic) bond motifs is 3. The number of ether oxygens (including phenoxy) is 2. The summed E-state index contributed by atoms with van der Waals surface area (Å²) in [5, 5.41) is 33.4. The summed E-state index contributed by atoms with van der Waals surface area (Å²) in [6.45, 7) is 16.6. The summed E-state index contributed by atoms with van der Waals surface area (Å²) in [5.74, 6) is 0.254. The fourth-order valence-corrected chi connectivity index (χ4v) is 11.7. The largest absolute Gasteiger partial charge is 0.391 e. The number of likely N-dealkylation sites (tertiary alicyclic amines) is 1. The van der Waals surface area contributed by atoms with E-state index in [1.165, 1.54) is 9.78 Å². The third kappa shape index (κ3) is 12.5. The van der Waals surface area contributed by atoms with Crippen molar-refractivity contribution in [2.75, 3.05) is 52.6 Å². The van der Waals surface area contributed by atoms with Crippen LogP contribution in [0.5, 0.6) is 0 Å². The number of nitrogens with zero attached hydrogens (tertiary/aromatic N) is 6. The monoisotopic (exact) mass is 1040 g/mol. The van der Waals surface area contributed by atoms with Crippen LogP contribution in [0.2, 0.25) is 5.02 Å². The van der Waals surface area contributed by atoms with Gasteiger partial charge < -0.3 is 40.7 Å². The molecule has 3 aliphatic rings. The van der Waals surface area contributed by atoms with Gasteiger partial charge in [-0.15, -0.1) is 32.9 Å². The van der Waals surface area contributed by atoms with E-state index >= 15 is 0 Å². The van der Waals surface area contributed by atoms with E-state index < -0.39 is 41.5 Å². The van der Waals surface area contributed by atoms with Crippen molar-refractivity contribution in [2.45, 2.75) is 98.5 Å². The van der Waals surface area contributed by atoms with E-state index in [4.69, 9.17) is 26.1 Å². The molecule has 5 N–H and O–H groups in total. The van der Waals surface area contributed by atoms with Gasteiger partial charge in [-0.1, -0.05) is 68.8 Å². The van der Waals surface area contributed by atoms with Gasteiger partial charge in [0.25, 0.3) is 0 Å². The highest BCUT2D eigenvalue weighted by molar-refractivity contribution is 7.15. The molecule has 4 amide bonds. The molecule has 0 radical (unpaired) electrons. The van der Waals surface area contributed by atoms with Crippen molar-refractivity contribution in [2.24, 2.45) is 22.2 Å². The topological polar surface area (TPSA) is 214 Å². The predicted octanol–water partition coefficient (Wildman–Crippen LogP) is 5.81. The van der Waals surface area contributed by atoms with Crippen LogP contribution in [-0.2, 0) is 35.2 Å². The van der Waals surface area contributed by atoms with Gasteiger partial charge in [0, 0.05) is 60.2 Å². The molecule has 0 bridgehead atoms. The molecule has 72 heavy (non-hydrogen) atoms. The first-order valence-corrected chi connectivity index (χ1v) is 26.6. The number of aryl methyl sites for hydroxylation is 3. The summed E-state index contributed by atoms with van der Waals surface area (Å²) < 4.78 is 14.0. The van der Waals surface area contributed by atoms with Crippen molar-refractivity contribution in [1.82, 2.24) is 45.9 Å². The fraction of sp³-hybridized carbons (Fsp3) is 0.500. The maximum Gasteiger partial charge on any atom is 0.246 e. The Morgan fingerprint density at radius 2 is 1.62 bits per heavy atom. The Bertz CT molecular complexity index is 2770. The number of aliphatic hydroxyl groups is 1. The first-order valence-electron chi connectivity index (χ1n) is 24.5. The van der Waals surface area contributed by atoms with E-state index in [0.29, 0.717) is 37.2 Å². The van der Waals surface area contributed by atoms with Crippen LogP contribution >= 0.6 is 34.3 Å². The summed E-state index contributed by atoms with van der Waals surface area (Å²) in [5.41, 5.74) is 7.84. The van der Waals surface area contributed by atoms with Gasteiger partial charge in [-0.3, -0.25) is 28.7 Å². The summed E-state index contributed by atoms with van der Waals surface area (Å²) in [4.78, 5) is 67.6. The summed E-state index contributed by atoms with van der Waals surface area (Å²) >= 11 is 9.49. The van der Waals surface area contributed by atoms with Crippen LogP contribution in [0.1, 0.15) is 90.5 Å². The molecule has 2 aromatic carbocycles. The summed E-state index contributed by atoms with van der Waals surface area (Å²) in [6, 6.07) is 13.1. The molecule has 17 nitrogen and oxygen atoms in total. The van der Waals surface area contributed by atoms with E-state index in [9.17, 15) is 24.3 Å². The fourth-order valence-electron chi connectivity index (χ4n) is 9.58. The number of rotatable bonds is 18. The average Bonchev–Trinajstić information content (AvgIpc) is 4.12. The Labute approximate surface area is 433 Å². The lowest BCUT2D eigenvalue weighted by Crippen LogP contribution is -2.58. The molecule has 2 fully saturated rings. The molecule has 6 heterocycles. The Kier molecular flexibility index (Phi) is 17.0. The van der Waals surface area contributed by atoms with E-state index in [1.807, 2.05) is 93.2 Å². The van der Waals surface area contributed by atoms with Gasteiger partial charge in [0.2, 0.25) is 23.6 Å². The molecule has 2 unspecified atom stereocenters.